The van der Waals surface area contributed by atoms with Crippen LogP contribution in [-0.4, -0.2) is 25.6 Å². The van der Waals surface area contributed by atoms with Crippen molar-refractivity contribution in [3.63, 3.8) is 0 Å². The number of rotatable bonds is 6. The lowest BCUT2D eigenvalue weighted by Crippen LogP contribution is -2.29. The summed E-state index contributed by atoms with van der Waals surface area (Å²) in [5.74, 6) is 0.495. The van der Waals surface area contributed by atoms with Crippen molar-refractivity contribution in [1.29, 1.82) is 0 Å². The summed E-state index contributed by atoms with van der Waals surface area (Å²) >= 11 is 0. The van der Waals surface area contributed by atoms with Gasteiger partial charge in [-0.3, -0.25) is 0 Å². The summed E-state index contributed by atoms with van der Waals surface area (Å²) in [5, 5.41) is 10.5. The third-order valence-electron chi connectivity index (χ3n) is 3.29. The van der Waals surface area contributed by atoms with Crippen molar-refractivity contribution in [2.24, 2.45) is 0 Å². The molecule has 1 N–H and O–H groups in total. The van der Waals surface area contributed by atoms with Gasteiger partial charge in [-0.2, -0.15) is 0 Å². The highest BCUT2D eigenvalue weighted by Gasteiger charge is 2.27. The molecule has 3 heteroatoms. The highest BCUT2D eigenvalue weighted by molar-refractivity contribution is 5.28. The maximum Gasteiger partial charge on any atom is 0.159 e. The Morgan fingerprint density at radius 2 is 1.61 bits per heavy atom. The Labute approximate surface area is 110 Å². The third kappa shape index (κ3) is 3.80. The molecule has 0 aliphatic carbocycles. The molecule has 0 heterocycles. The molecule has 18 heavy (non-hydrogen) atoms. The quantitative estimate of drug-likeness (QED) is 0.791. The van der Waals surface area contributed by atoms with Gasteiger partial charge < -0.3 is 14.6 Å². The molecule has 0 aromatic heterocycles. The average molecular weight is 252 g/mol. The monoisotopic (exact) mass is 252 g/mol. The smallest absolute Gasteiger partial charge is 0.159 e. The van der Waals surface area contributed by atoms with Crippen LogP contribution in [0.1, 0.15) is 44.2 Å². The first-order valence-electron chi connectivity index (χ1n) is 6.29. The van der Waals surface area contributed by atoms with Crippen LogP contribution in [0.5, 0.6) is 0 Å². The van der Waals surface area contributed by atoms with Crippen LogP contribution in [0.4, 0.5) is 0 Å². The van der Waals surface area contributed by atoms with E-state index in [1.165, 1.54) is 5.56 Å². The molecule has 0 saturated heterocycles. The minimum Gasteiger partial charge on any atom is -0.385 e. The van der Waals surface area contributed by atoms with E-state index in [4.69, 9.17) is 9.47 Å². The van der Waals surface area contributed by atoms with E-state index >= 15 is 0 Å². The number of benzene rings is 1. The summed E-state index contributed by atoms with van der Waals surface area (Å²) in [6, 6.07) is 8.06. The predicted octanol–water partition coefficient (Wildman–Crippen LogP) is 3.03. The van der Waals surface area contributed by atoms with Crippen LogP contribution in [0, 0.1) is 0 Å². The Bertz CT molecular complexity index is 351. The van der Waals surface area contributed by atoms with Gasteiger partial charge in [-0.15, -0.1) is 0 Å². The van der Waals surface area contributed by atoms with Gasteiger partial charge in [0.05, 0.1) is 5.60 Å². The average Bonchev–Trinajstić information content (AvgIpc) is 2.36. The van der Waals surface area contributed by atoms with Crippen LogP contribution in [0.2, 0.25) is 0 Å². The first-order chi connectivity index (χ1) is 8.40. The molecule has 1 rings (SSSR count). The highest BCUT2D eigenvalue weighted by Crippen LogP contribution is 2.28. The number of aliphatic hydroxyl groups is 1. The van der Waals surface area contributed by atoms with Gasteiger partial charge >= 0.3 is 0 Å². The minimum atomic E-state index is -0.952. The minimum absolute atomic E-state index is 0.398. The van der Waals surface area contributed by atoms with Crippen molar-refractivity contribution in [3.05, 3.63) is 35.4 Å². The Hall–Kier alpha value is -0.900. The summed E-state index contributed by atoms with van der Waals surface area (Å²) < 4.78 is 10.3. The summed E-state index contributed by atoms with van der Waals surface area (Å²) in [6.45, 7) is 6.08. The molecule has 3 nitrogen and oxygen atoms in total. The number of ether oxygens (including phenoxy) is 2. The number of hydrogen-bond donors (Lipinski definition) is 1. The van der Waals surface area contributed by atoms with Crippen LogP contribution < -0.4 is 0 Å². The van der Waals surface area contributed by atoms with Gasteiger partial charge in [0.25, 0.3) is 0 Å². The second kappa shape index (κ2) is 6.32. The lowest BCUT2D eigenvalue weighted by molar-refractivity contribution is -0.142. The van der Waals surface area contributed by atoms with E-state index in [1.807, 2.05) is 12.1 Å². The fourth-order valence-electron chi connectivity index (χ4n) is 1.93. The highest BCUT2D eigenvalue weighted by atomic mass is 16.7. The van der Waals surface area contributed by atoms with Crippen molar-refractivity contribution in [1.82, 2.24) is 0 Å². The lowest BCUT2D eigenvalue weighted by Gasteiger charge is -2.27. The molecule has 0 radical (unpaired) electrons. The van der Waals surface area contributed by atoms with E-state index in [0.717, 1.165) is 5.56 Å². The molecule has 1 aromatic rings. The Kier molecular flexibility index (Phi) is 5.32. The molecule has 0 saturated carbocycles. The van der Waals surface area contributed by atoms with Crippen LogP contribution in [0.3, 0.4) is 0 Å². The van der Waals surface area contributed by atoms with Crippen LogP contribution in [-0.2, 0) is 15.1 Å². The lowest BCUT2D eigenvalue weighted by atomic mass is 9.90. The SMILES string of the molecule is COC(CC(C)(O)c1ccc(C(C)C)cc1)OC. The number of hydrogen-bond acceptors (Lipinski definition) is 3. The Morgan fingerprint density at radius 3 is 2.00 bits per heavy atom. The first kappa shape index (κ1) is 15.2. The number of methoxy groups -OCH3 is 2. The van der Waals surface area contributed by atoms with E-state index < -0.39 is 11.9 Å². The molecular formula is C15H24O3. The van der Waals surface area contributed by atoms with E-state index in [2.05, 4.69) is 26.0 Å². The van der Waals surface area contributed by atoms with Gasteiger partial charge in [-0.1, -0.05) is 38.1 Å². The maximum absolute atomic E-state index is 10.5. The largest absolute Gasteiger partial charge is 0.385 e. The summed E-state index contributed by atoms with van der Waals surface area (Å²) in [6.07, 6.45) is 0.00544. The topological polar surface area (TPSA) is 38.7 Å². The van der Waals surface area contributed by atoms with Crippen molar-refractivity contribution in [2.75, 3.05) is 14.2 Å². The fraction of sp³-hybridized carbons (Fsp3) is 0.600. The van der Waals surface area contributed by atoms with Crippen molar-refractivity contribution in [2.45, 2.75) is 45.0 Å². The summed E-state index contributed by atoms with van der Waals surface area (Å²) in [5.41, 5.74) is 1.20. The second-order valence-electron chi connectivity index (χ2n) is 5.16. The van der Waals surface area contributed by atoms with Crippen LogP contribution in [0.15, 0.2) is 24.3 Å². The van der Waals surface area contributed by atoms with Gasteiger partial charge in [0.2, 0.25) is 0 Å². The van der Waals surface area contributed by atoms with E-state index in [0.29, 0.717) is 12.3 Å². The molecule has 0 bridgehead atoms. The van der Waals surface area contributed by atoms with E-state index in [1.54, 1.807) is 21.1 Å². The van der Waals surface area contributed by atoms with Crippen molar-refractivity contribution in [3.8, 4) is 0 Å². The van der Waals surface area contributed by atoms with Gasteiger partial charge in [0.15, 0.2) is 6.29 Å². The van der Waals surface area contributed by atoms with Crippen molar-refractivity contribution < 1.29 is 14.6 Å². The molecule has 0 spiro atoms. The molecule has 1 unspecified atom stereocenters. The Morgan fingerprint density at radius 1 is 1.11 bits per heavy atom. The van der Waals surface area contributed by atoms with Gasteiger partial charge in [-0.25, -0.2) is 0 Å². The molecule has 0 aliphatic rings. The Balaban J connectivity index is 2.84. The third-order valence-corrected chi connectivity index (χ3v) is 3.29. The first-order valence-corrected chi connectivity index (χ1v) is 6.29. The molecule has 0 fully saturated rings. The molecule has 1 aromatic carbocycles. The zero-order valence-electron chi connectivity index (χ0n) is 11.9. The maximum atomic E-state index is 10.5. The summed E-state index contributed by atoms with van der Waals surface area (Å²) in [4.78, 5) is 0. The molecular weight excluding hydrogens is 228 g/mol. The second-order valence-corrected chi connectivity index (χ2v) is 5.16. The predicted molar refractivity (Wildman–Crippen MR) is 72.5 cm³/mol. The fourth-order valence-corrected chi connectivity index (χ4v) is 1.93. The molecule has 102 valence electrons. The van der Waals surface area contributed by atoms with E-state index in [-0.39, 0.29) is 0 Å². The molecule has 0 aliphatic heterocycles. The summed E-state index contributed by atoms with van der Waals surface area (Å²) in [7, 11) is 3.15. The zero-order valence-corrected chi connectivity index (χ0v) is 11.9. The zero-order chi connectivity index (χ0) is 13.8. The van der Waals surface area contributed by atoms with Gasteiger partial charge in [-0.05, 0) is 24.0 Å². The standard InChI is InChI=1S/C15H24O3/c1-11(2)12-6-8-13(9-7-12)15(3,16)10-14(17-4)18-5/h6-9,11,14,16H,10H2,1-5H3. The van der Waals surface area contributed by atoms with Crippen LogP contribution in [0.25, 0.3) is 0 Å². The van der Waals surface area contributed by atoms with Gasteiger partial charge in [0, 0.05) is 20.6 Å². The molecule has 0 amide bonds. The molecule has 1 atom stereocenters. The van der Waals surface area contributed by atoms with E-state index in [9.17, 15) is 5.11 Å². The van der Waals surface area contributed by atoms with Crippen LogP contribution >= 0.6 is 0 Å². The van der Waals surface area contributed by atoms with Gasteiger partial charge in [0.1, 0.15) is 0 Å². The normalized spacial score (nSPS) is 15.1. The van der Waals surface area contributed by atoms with Crippen molar-refractivity contribution >= 4 is 0 Å².